The highest BCUT2D eigenvalue weighted by Gasteiger charge is 2.15. The second-order valence-corrected chi connectivity index (χ2v) is 4.50. The third kappa shape index (κ3) is 3.53. The highest BCUT2D eigenvalue weighted by Crippen LogP contribution is 2.23. The van der Waals surface area contributed by atoms with Crippen LogP contribution in [0.1, 0.15) is 44.4 Å². The molecule has 0 aliphatic rings. The van der Waals surface area contributed by atoms with Gasteiger partial charge in [0.2, 0.25) is 0 Å². The Morgan fingerprint density at radius 2 is 2.06 bits per heavy atom. The predicted octanol–water partition coefficient (Wildman–Crippen LogP) is 3.35. The molecule has 0 heterocycles. The molecule has 0 bridgehead atoms. The van der Waals surface area contributed by atoms with Gasteiger partial charge in [-0.2, -0.15) is 0 Å². The summed E-state index contributed by atoms with van der Waals surface area (Å²) in [5.74, 6) is 0. The molecule has 2 unspecified atom stereocenters. The molecule has 4 heteroatoms. The van der Waals surface area contributed by atoms with Gasteiger partial charge < -0.3 is 5.32 Å². The van der Waals surface area contributed by atoms with Gasteiger partial charge >= 0.3 is 0 Å². The van der Waals surface area contributed by atoms with Crippen molar-refractivity contribution >= 4 is 5.69 Å². The average Bonchev–Trinajstić information content (AvgIpc) is 2.28. The molecule has 0 saturated carbocycles. The van der Waals surface area contributed by atoms with E-state index in [1.807, 2.05) is 19.1 Å². The summed E-state index contributed by atoms with van der Waals surface area (Å²) < 4.78 is 0. The average molecular weight is 236 g/mol. The van der Waals surface area contributed by atoms with Crippen LogP contribution in [0.25, 0.3) is 0 Å². The molecule has 0 aliphatic carbocycles. The lowest BCUT2D eigenvalue weighted by Crippen LogP contribution is -2.28. The van der Waals surface area contributed by atoms with Crippen LogP contribution < -0.4 is 5.32 Å². The number of nitro benzene ring substituents is 1. The molecule has 0 fully saturated rings. The Labute approximate surface area is 102 Å². The lowest BCUT2D eigenvalue weighted by molar-refractivity contribution is -0.385. The van der Waals surface area contributed by atoms with Crippen molar-refractivity contribution in [2.24, 2.45) is 0 Å². The molecule has 2 atom stereocenters. The van der Waals surface area contributed by atoms with Crippen LogP contribution in [0.15, 0.2) is 18.2 Å². The Balaban J connectivity index is 2.91. The molecule has 1 rings (SSSR count). The Bertz CT molecular complexity index is 404. The van der Waals surface area contributed by atoms with E-state index in [0.717, 1.165) is 12.0 Å². The van der Waals surface area contributed by atoms with Crippen molar-refractivity contribution in [3.63, 3.8) is 0 Å². The Morgan fingerprint density at radius 3 is 2.59 bits per heavy atom. The fraction of sp³-hybridized carbons (Fsp3) is 0.538. The summed E-state index contributed by atoms with van der Waals surface area (Å²) in [5.41, 5.74) is 1.86. The van der Waals surface area contributed by atoms with E-state index in [2.05, 4.69) is 19.2 Å². The first-order valence-corrected chi connectivity index (χ1v) is 5.96. The highest BCUT2D eigenvalue weighted by molar-refractivity contribution is 5.43. The summed E-state index contributed by atoms with van der Waals surface area (Å²) in [4.78, 5) is 10.5. The minimum absolute atomic E-state index is 0.129. The first-order valence-electron chi connectivity index (χ1n) is 5.96. The van der Waals surface area contributed by atoms with E-state index in [9.17, 15) is 10.1 Å². The van der Waals surface area contributed by atoms with E-state index < -0.39 is 0 Å². The van der Waals surface area contributed by atoms with Gasteiger partial charge in [0.15, 0.2) is 0 Å². The molecule has 0 aromatic heterocycles. The van der Waals surface area contributed by atoms with E-state index in [4.69, 9.17) is 0 Å². The molecular weight excluding hydrogens is 216 g/mol. The summed E-state index contributed by atoms with van der Waals surface area (Å²) >= 11 is 0. The van der Waals surface area contributed by atoms with E-state index >= 15 is 0 Å². The van der Waals surface area contributed by atoms with E-state index in [-0.39, 0.29) is 16.7 Å². The Hall–Kier alpha value is -1.42. The van der Waals surface area contributed by atoms with Gasteiger partial charge in [-0.1, -0.05) is 19.1 Å². The van der Waals surface area contributed by atoms with Crippen molar-refractivity contribution in [3.05, 3.63) is 39.4 Å². The maximum atomic E-state index is 10.9. The van der Waals surface area contributed by atoms with Crippen LogP contribution in [0.4, 0.5) is 5.69 Å². The number of nitro groups is 1. The van der Waals surface area contributed by atoms with Crippen LogP contribution in [0.5, 0.6) is 0 Å². The fourth-order valence-electron chi connectivity index (χ4n) is 1.73. The predicted molar refractivity (Wildman–Crippen MR) is 69.1 cm³/mol. The minimum atomic E-state index is -0.325. The zero-order valence-corrected chi connectivity index (χ0v) is 10.9. The lowest BCUT2D eigenvalue weighted by atomic mass is 10.0. The topological polar surface area (TPSA) is 55.2 Å². The van der Waals surface area contributed by atoms with Crippen molar-refractivity contribution in [1.29, 1.82) is 0 Å². The normalized spacial score (nSPS) is 14.4. The molecule has 4 nitrogen and oxygen atoms in total. The van der Waals surface area contributed by atoms with Gasteiger partial charge in [0.25, 0.3) is 5.69 Å². The van der Waals surface area contributed by atoms with Crippen molar-refractivity contribution < 1.29 is 4.92 Å². The van der Waals surface area contributed by atoms with Crippen molar-refractivity contribution in [2.45, 2.75) is 46.2 Å². The molecule has 1 aromatic rings. The number of nitrogens with zero attached hydrogens (tertiary/aromatic N) is 1. The molecule has 17 heavy (non-hydrogen) atoms. The SMILES string of the molecule is CCC(C)NC(C)c1ccc(C)c([N+](=O)[O-])c1. The Kier molecular flexibility index (Phi) is 4.63. The highest BCUT2D eigenvalue weighted by atomic mass is 16.6. The monoisotopic (exact) mass is 236 g/mol. The van der Waals surface area contributed by atoms with Crippen molar-refractivity contribution in [1.82, 2.24) is 5.32 Å². The van der Waals surface area contributed by atoms with Crippen molar-refractivity contribution in [2.75, 3.05) is 0 Å². The first-order chi connectivity index (χ1) is 7.95. The number of hydrogen-bond donors (Lipinski definition) is 1. The van der Waals surface area contributed by atoms with Gasteiger partial charge in [0.05, 0.1) is 4.92 Å². The summed E-state index contributed by atoms with van der Waals surface area (Å²) in [6.45, 7) is 8.01. The van der Waals surface area contributed by atoms with E-state index in [1.165, 1.54) is 0 Å². The summed E-state index contributed by atoms with van der Waals surface area (Å²) in [6.07, 6.45) is 1.04. The van der Waals surface area contributed by atoms with Gasteiger partial charge in [-0.25, -0.2) is 0 Å². The molecule has 1 N–H and O–H groups in total. The standard InChI is InChI=1S/C13H20N2O2/c1-5-10(3)14-11(4)12-7-6-9(2)13(8-12)15(16)17/h6-8,10-11,14H,5H2,1-4H3. The first kappa shape index (κ1) is 13.6. The van der Waals surface area contributed by atoms with Gasteiger partial charge in [0, 0.05) is 23.7 Å². The van der Waals surface area contributed by atoms with Gasteiger partial charge in [0.1, 0.15) is 0 Å². The van der Waals surface area contributed by atoms with Crippen molar-refractivity contribution in [3.8, 4) is 0 Å². The zero-order chi connectivity index (χ0) is 13.0. The molecule has 1 aromatic carbocycles. The molecule has 0 radical (unpaired) electrons. The lowest BCUT2D eigenvalue weighted by Gasteiger charge is -2.19. The van der Waals surface area contributed by atoms with Crippen LogP contribution in [0.3, 0.4) is 0 Å². The molecule has 0 amide bonds. The smallest absolute Gasteiger partial charge is 0.272 e. The number of nitrogens with one attached hydrogen (secondary N) is 1. The molecule has 0 spiro atoms. The maximum Gasteiger partial charge on any atom is 0.272 e. The third-order valence-corrected chi connectivity index (χ3v) is 3.08. The van der Waals surface area contributed by atoms with Crippen LogP contribution >= 0.6 is 0 Å². The second-order valence-electron chi connectivity index (χ2n) is 4.50. The largest absolute Gasteiger partial charge is 0.308 e. The van der Waals surface area contributed by atoms with Crippen LogP contribution in [0, 0.1) is 17.0 Å². The summed E-state index contributed by atoms with van der Waals surface area (Å²) in [6, 6.07) is 5.95. The number of rotatable bonds is 5. The van der Waals surface area contributed by atoms with E-state index in [0.29, 0.717) is 11.6 Å². The van der Waals surface area contributed by atoms with Crippen LogP contribution in [-0.4, -0.2) is 11.0 Å². The fourth-order valence-corrected chi connectivity index (χ4v) is 1.73. The number of benzene rings is 1. The number of hydrogen-bond acceptors (Lipinski definition) is 3. The van der Waals surface area contributed by atoms with Gasteiger partial charge in [-0.15, -0.1) is 0 Å². The summed E-state index contributed by atoms with van der Waals surface area (Å²) in [7, 11) is 0. The number of aryl methyl sites for hydroxylation is 1. The Morgan fingerprint density at radius 1 is 1.41 bits per heavy atom. The quantitative estimate of drug-likeness (QED) is 0.630. The molecule has 0 saturated heterocycles. The van der Waals surface area contributed by atoms with Crippen LogP contribution in [0.2, 0.25) is 0 Å². The van der Waals surface area contributed by atoms with Gasteiger partial charge in [-0.3, -0.25) is 10.1 Å². The zero-order valence-electron chi connectivity index (χ0n) is 10.9. The maximum absolute atomic E-state index is 10.9. The van der Waals surface area contributed by atoms with Crippen LogP contribution in [-0.2, 0) is 0 Å². The minimum Gasteiger partial charge on any atom is -0.308 e. The third-order valence-electron chi connectivity index (χ3n) is 3.08. The molecule has 94 valence electrons. The second kappa shape index (κ2) is 5.77. The summed E-state index contributed by atoms with van der Waals surface area (Å²) in [5, 5.41) is 14.3. The van der Waals surface area contributed by atoms with Gasteiger partial charge in [-0.05, 0) is 32.8 Å². The molecule has 0 aliphatic heterocycles. The van der Waals surface area contributed by atoms with E-state index in [1.54, 1.807) is 13.0 Å². The molecular formula is C13H20N2O2.